The quantitative estimate of drug-likeness (QED) is 0.707. The summed E-state index contributed by atoms with van der Waals surface area (Å²) in [5.41, 5.74) is 0.146. The molecule has 0 fully saturated rings. The van der Waals surface area contributed by atoms with Crippen molar-refractivity contribution < 1.29 is 27.5 Å². The molecule has 1 aromatic carbocycles. The van der Waals surface area contributed by atoms with Crippen molar-refractivity contribution >= 4 is 27.6 Å². The Morgan fingerprint density at radius 3 is 2.68 bits per heavy atom. The Bertz CT molecular complexity index is 834. The van der Waals surface area contributed by atoms with Crippen LogP contribution in [0.25, 0.3) is 0 Å². The summed E-state index contributed by atoms with van der Waals surface area (Å²) in [6, 6.07) is 6.43. The summed E-state index contributed by atoms with van der Waals surface area (Å²) < 4.78 is 37.0. The molecule has 0 saturated heterocycles. The molecule has 136 valence electrons. The van der Waals surface area contributed by atoms with Crippen molar-refractivity contribution in [1.29, 1.82) is 0 Å². The van der Waals surface area contributed by atoms with Gasteiger partial charge in [-0.15, -0.1) is 0 Å². The van der Waals surface area contributed by atoms with Crippen LogP contribution in [0.3, 0.4) is 0 Å². The molecular formula is C16H18ClNO6S. The van der Waals surface area contributed by atoms with Gasteiger partial charge in [0.05, 0.1) is 24.0 Å². The number of sulfonamides is 1. The Kier molecular flexibility index (Phi) is 6.23. The first kappa shape index (κ1) is 19.5. The summed E-state index contributed by atoms with van der Waals surface area (Å²) in [4.78, 5) is 11.3. The number of rotatable bonds is 7. The van der Waals surface area contributed by atoms with Gasteiger partial charge in [-0.05, 0) is 43.7 Å². The molecule has 2 rings (SSSR count). The van der Waals surface area contributed by atoms with Gasteiger partial charge in [0.15, 0.2) is 0 Å². The van der Waals surface area contributed by atoms with Crippen LogP contribution >= 0.6 is 11.6 Å². The molecule has 0 bridgehead atoms. The lowest BCUT2D eigenvalue weighted by Crippen LogP contribution is -2.34. The fourth-order valence-electron chi connectivity index (χ4n) is 2.27. The number of furan rings is 1. The smallest absolute Gasteiger partial charge is 0.337 e. The summed E-state index contributed by atoms with van der Waals surface area (Å²) in [7, 11) is -2.71. The lowest BCUT2D eigenvalue weighted by Gasteiger charge is -2.17. The van der Waals surface area contributed by atoms with Crippen molar-refractivity contribution in [2.24, 2.45) is 0 Å². The highest BCUT2D eigenvalue weighted by Gasteiger charge is 2.24. The molecular weight excluding hydrogens is 370 g/mol. The normalized spacial score (nSPS) is 14.1. The second kappa shape index (κ2) is 8.01. The third-order valence-electron chi connectivity index (χ3n) is 3.45. The highest BCUT2D eigenvalue weighted by Crippen LogP contribution is 2.24. The standard InChI is InChI=1S/C16H18ClNO6S/c1-10(8-13(19)14-4-3-7-24-14)18-25(21,22)15-6-5-11(9-12(15)17)16(20)23-2/h3-7,9-10,13,18-19H,8H2,1-2H3/t10-,13-/m1/s1. The molecule has 1 heterocycles. The van der Waals surface area contributed by atoms with Gasteiger partial charge in [0.1, 0.15) is 16.8 Å². The molecule has 0 saturated carbocycles. The molecule has 0 unspecified atom stereocenters. The number of hydrogen-bond donors (Lipinski definition) is 2. The molecule has 0 aliphatic rings. The Labute approximate surface area is 150 Å². The number of benzene rings is 1. The number of nitrogens with one attached hydrogen (secondary N) is 1. The minimum Gasteiger partial charge on any atom is -0.467 e. The monoisotopic (exact) mass is 387 g/mol. The largest absolute Gasteiger partial charge is 0.467 e. The summed E-state index contributed by atoms with van der Waals surface area (Å²) >= 11 is 5.99. The van der Waals surface area contributed by atoms with Gasteiger partial charge in [0.2, 0.25) is 10.0 Å². The number of methoxy groups -OCH3 is 1. The Morgan fingerprint density at radius 1 is 1.40 bits per heavy atom. The minimum atomic E-state index is -3.93. The van der Waals surface area contributed by atoms with Crippen molar-refractivity contribution in [2.75, 3.05) is 7.11 Å². The molecule has 2 aromatic rings. The van der Waals surface area contributed by atoms with E-state index < -0.39 is 28.1 Å². The van der Waals surface area contributed by atoms with Crippen molar-refractivity contribution in [3.8, 4) is 0 Å². The zero-order valence-electron chi connectivity index (χ0n) is 13.6. The van der Waals surface area contributed by atoms with Crippen LogP contribution in [0, 0.1) is 0 Å². The molecule has 9 heteroatoms. The zero-order chi connectivity index (χ0) is 18.6. The molecule has 1 aromatic heterocycles. The fraction of sp³-hybridized carbons (Fsp3) is 0.312. The number of carbonyl (C=O) groups is 1. The van der Waals surface area contributed by atoms with Crippen LogP contribution in [0.15, 0.2) is 45.9 Å². The summed E-state index contributed by atoms with van der Waals surface area (Å²) in [6.07, 6.45) is 0.602. The van der Waals surface area contributed by atoms with Gasteiger partial charge >= 0.3 is 5.97 Å². The highest BCUT2D eigenvalue weighted by molar-refractivity contribution is 7.89. The van der Waals surface area contributed by atoms with Gasteiger partial charge in [0.25, 0.3) is 0 Å². The number of esters is 1. The van der Waals surface area contributed by atoms with Gasteiger partial charge < -0.3 is 14.3 Å². The van der Waals surface area contributed by atoms with Gasteiger partial charge in [-0.1, -0.05) is 11.6 Å². The van der Waals surface area contributed by atoms with Gasteiger partial charge in [0, 0.05) is 6.04 Å². The predicted octanol–water partition coefficient (Wildman–Crippen LogP) is 2.51. The summed E-state index contributed by atoms with van der Waals surface area (Å²) in [6.45, 7) is 1.61. The molecule has 0 aliphatic heterocycles. The maximum Gasteiger partial charge on any atom is 0.337 e. The third kappa shape index (κ3) is 4.82. The van der Waals surface area contributed by atoms with E-state index >= 15 is 0 Å². The van der Waals surface area contributed by atoms with E-state index in [1.54, 1.807) is 19.1 Å². The topological polar surface area (TPSA) is 106 Å². The summed E-state index contributed by atoms with van der Waals surface area (Å²) in [5.74, 6) is -0.264. The SMILES string of the molecule is COC(=O)c1ccc(S(=O)(=O)N[C@H](C)C[C@@H](O)c2ccco2)c(Cl)c1. The second-order valence-electron chi connectivity index (χ2n) is 5.43. The van der Waals surface area contributed by atoms with Crippen LogP contribution < -0.4 is 4.72 Å². The molecule has 2 N–H and O–H groups in total. The first-order valence-corrected chi connectivity index (χ1v) is 9.22. The average Bonchev–Trinajstić information content (AvgIpc) is 3.07. The van der Waals surface area contributed by atoms with E-state index in [4.69, 9.17) is 16.0 Å². The zero-order valence-corrected chi connectivity index (χ0v) is 15.2. The van der Waals surface area contributed by atoms with E-state index in [2.05, 4.69) is 9.46 Å². The third-order valence-corrected chi connectivity index (χ3v) is 5.52. The van der Waals surface area contributed by atoms with E-state index in [0.29, 0.717) is 5.76 Å². The number of halogens is 1. The van der Waals surface area contributed by atoms with Crippen LogP contribution in [-0.2, 0) is 14.8 Å². The number of aliphatic hydroxyl groups excluding tert-OH is 1. The lowest BCUT2D eigenvalue weighted by atomic mass is 10.1. The van der Waals surface area contributed by atoms with E-state index in [1.165, 1.54) is 31.6 Å². The van der Waals surface area contributed by atoms with Crippen LogP contribution in [-0.4, -0.2) is 32.6 Å². The molecule has 0 spiro atoms. The first-order chi connectivity index (χ1) is 11.7. The van der Waals surface area contributed by atoms with Crippen molar-refractivity contribution in [2.45, 2.75) is 30.4 Å². The Hall–Kier alpha value is -1.87. The Balaban J connectivity index is 2.11. The van der Waals surface area contributed by atoms with E-state index in [-0.39, 0.29) is 21.9 Å². The molecule has 0 aliphatic carbocycles. The van der Waals surface area contributed by atoms with E-state index in [0.717, 1.165) is 0 Å². The highest BCUT2D eigenvalue weighted by atomic mass is 35.5. The van der Waals surface area contributed by atoms with Crippen LogP contribution in [0.4, 0.5) is 0 Å². The minimum absolute atomic E-state index is 0.103. The first-order valence-electron chi connectivity index (χ1n) is 7.36. The van der Waals surface area contributed by atoms with Crippen LogP contribution in [0.2, 0.25) is 5.02 Å². The van der Waals surface area contributed by atoms with Gasteiger partial charge in [-0.2, -0.15) is 0 Å². The fourth-order valence-corrected chi connectivity index (χ4v) is 4.07. The molecule has 2 atom stereocenters. The number of ether oxygens (including phenoxy) is 1. The molecule has 25 heavy (non-hydrogen) atoms. The number of carbonyl (C=O) groups excluding carboxylic acids is 1. The van der Waals surface area contributed by atoms with Crippen LogP contribution in [0.1, 0.15) is 35.6 Å². The van der Waals surface area contributed by atoms with Crippen molar-refractivity contribution in [3.63, 3.8) is 0 Å². The van der Waals surface area contributed by atoms with Crippen LogP contribution in [0.5, 0.6) is 0 Å². The van der Waals surface area contributed by atoms with Gasteiger partial charge in [-0.25, -0.2) is 17.9 Å². The maximum atomic E-state index is 12.5. The number of aliphatic hydroxyl groups is 1. The number of hydrogen-bond acceptors (Lipinski definition) is 6. The molecule has 0 amide bonds. The molecule has 7 nitrogen and oxygen atoms in total. The molecule has 0 radical (unpaired) electrons. The second-order valence-corrected chi connectivity index (χ2v) is 7.52. The predicted molar refractivity (Wildman–Crippen MR) is 90.9 cm³/mol. The average molecular weight is 388 g/mol. The Morgan fingerprint density at radius 2 is 2.12 bits per heavy atom. The maximum absolute atomic E-state index is 12.5. The van der Waals surface area contributed by atoms with Crippen molar-refractivity contribution in [3.05, 3.63) is 52.9 Å². The van der Waals surface area contributed by atoms with E-state index in [9.17, 15) is 18.3 Å². The van der Waals surface area contributed by atoms with Gasteiger partial charge in [-0.3, -0.25) is 0 Å². The summed E-state index contributed by atoms with van der Waals surface area (Å²) in [5, 5.41) is 9.92. The lowest BCUT2D eigenvalue weighted by molar-refractivity contribution is 0.0600. The van der Waals surface area contributed by atoms with E-state index in [1.807, 2.05) is 0 Å². The van der Waals surface area contributed by atoms with Crippen molar-refractivity contribution in [1.82, 2.24) is 4.72 Å².